The third kappa shape index (κ3) is 3.36. The van der Waals surface area contributed by atoms with Gasteiger partial charge in [0.2, 0.25) is 0 Å². The normalized spacial score (nSPS) is 20.8. The van der Waals surface area contributed by atoms with Gasteiger partial charge in [-0.15, -0.1) is 12.6 Å². The van der Waals surface area contributed by atoms with Crippen LogP contribution in [0, 0.1) is 0 Å². The summed E-state index contributed by atoms with van der Waals surface area (Å²) >= 11 is 11.5. The molecule has 0 amide bonds. The number of rotatable bonds is 4. The predicted molar refractivity (Wildman–Crippen MR) is 128 cm³/mol. The first-order valence-corrected chi connectivity index (χ1v) is 11.1. The van der Waals surface area contributed by atoms with Crippen molar-refractivity contribution in [1.29, 1.82) is 0 Å². The molecule has 1 heterocycles. The highest BCUT2D eigenvalue weighted by Crippen LogP contribution is 2.50. The SMILES string of the molecule is CN(CCO)c1ccc2c(c1)C(C)(C)c1cc(/C=C3\SC(S)NC3=S)ccc1-2. The molecule has 0 aromatic heterocycles. The number of nitrogens with one attached hydrogen (secondary N) is 1. The lowest BCUT2D eigenvalue weighted by atomic mass is 9.82. The maximum atomic E-state index is 9.25. The van der Waals surface area contributed by atoms with Crippen molar-refractivity contribution < 1.29 is 5.11 Å². The second-order valence-corrected chi connectivity index (χ2v) is 10.2. The maximum absolute atomic E-state index is 9.25. The molecular weight excluding hydrogens is 404 g/mol. The van der Waals surface area contributed by atoms with E-state index in [1.807, 2.05) is 7.05 Å². The van der Waals surface area contributed by atoms with Gasteiger partial charge in [-0.3, -0.25) is 0 Å². The first kappa shape index (κ1) is 19.8. The van der Waals surface area contributed by atoms with E-state index in [2.05, 4.69) is 79.2 Å². The highest BCUT2D eigenvalue weighted by Gasteiger charge is 2.36. The van der Waals surface area contributed by atoms with Crippen LogP contribution in [-0.4, -0.2) is 35.0 Å². The van der Waals surface area contributed by atoms with Gasteiger partial charge < -0.3 is 15.3 Å². The second kappa shape index (κ2) is 7.41. The van der Waals surface area contributed by atoms with Gasteiger partial charge in [0.05, 0.1) is 6.61 Å². The van der Waals surface area contributed by atoms with E-state index in [0.717, 1.165) is 21.1 Å². The lowest BCUT2D eigenvalue weighted by Crippen LogP contribution is -2.22. The van der Waals surface area contributed by atoms with Crippen LogP contribution in [0.5, 0.6) is 0 Å². The number of thioether (sulfide) groups is 1. The fourth-order valence-corrected chi connectivity index (χ4v) is 5.73. The molecule has 2 aromatic rings. The molecule has 4 rings (SSSR count). The number of thiol groups is 1. The van der Waals surface area contributed by atoms with Crippen LogP contribution in [0.25, 0.3) is 17.2 Å². The Labute approximate surface area is 181 Å². The Balaban J connectivity index is 1.73. The number of aliphatic hydroxyl groups is 1. The van der Waals surface area contributed by atoms with Crippen LogP contribution in [0.15, 0.2) is 41.3 Å². The van der Waals surface area contributed by atoms with Crippen molar-refractivity contribution in [3.05, 3.63) is 58.0 Å². The van der Waals surface area contributed by atoms with E-state index >= 15 is 0 Å². The zero-order valence-corrected chi connectivity index (χ0v) is 18.7. The minimum atomic E-state index is -0.0804. The summed E-state index contributed by atoms with van der Waals surface area (Å²) in [7, 11) is 2.02. The summed E-state index contributed by atoms with van der Waals surface area (Å²) in [6.45, 7) is 5.34. The molecule has 2 N–H and O–H groups in total. The molecule has 1 saturated heterocycles. The van der Waals surface area contributed by atoms with Gasteiger partial charge in [-0.25, -0.2) is 0 Å². The zero-order valence-electron chi connectivity index (χ0n) is 16.2. The van der Waals surface area contributed by atoms with E-state index in [4.69, 9.17) is 12.2 Å². The minimum absolute atomic E-state index is 0.0307. The summed E-state index contributed by atoms with van der Waals surface area (Å²) in [6, 6.07) is 13.3. The number of anilines is 1. The van der Waals surface area contributed by atoms with Crippen LogP contribution in [0.3, 0.4) is 0 Å². The quantitative estimate of drug-likeness (QED) is 0.376. The fourth-order valence-electron chi connectivity index (χ4n) is 3.99. The smallest absolute Gasteiger partial charge is 0.122 e. The molecule has 1 aliphatic carbocycles. The van der Waals surface area contributed by atoms with Gasteiger partial charge in [0.25, 0.3) is 0 Å². The number of hydrogen-bond donors (Lipinski definition) is 3. The van der Waals surface area contributed by atoms with E-state index in [9.17, 15) is 5.11 Å². The van der Waals surface area contributed by atoms with Crippen molar-refractivity contribution in [2.24, 2.45) is 0 Å². The van der Waals surface area contributed by atoms with E-state index < -0.39 is 0 Å². The summed E-state index contributed by atoms with van der Waals surface area (Å²) in [5.74, 6) is 0. The van der Waals surface area contributed by atoms with E-state index in [1.165, 1.54) is 22.3 Å². The predicted octanol–water partition coefficient (Wildman–Crippen LogP) is 4.64. The largest absolute Gasteiger partial charge is 0.395 e. The van der Waals surface area contributed by atoms with Crippen molar-refractivity contribution in [1.82, 2.24) is 5.32 Å². The molecule has 0 radical (unpaired) electrons. The van der Waals surface area contributed by atoms with Gasteiger partial charge in [-0.2, -0.15) is 0 Å². The van der Waals surface area contributed by atoms with Crippen molar-refractivity contribution in [2.45, 2.75) is 24.0 Å². The topological polar surface area (TPSA) is 35.5 Å². The molecule has 1 fully saturated rings. The molecule has 28 heavy (non-hydrogen) atoms. The van der Waals surface area contributed by atoms with Gasteiger partial charge in [0, 0.05) is 29.6 Å². The van der Waals surface area contributed by atoms with Crippen molar-refractivity contribution in [2.75, 3.05) is 25.1 Å². The first-order valence-electron chi connectivity index (χ1n) is 9.30. The first-order chi connectivity index (χ1) is 13.3. The number of hydrogen-bond acceptors (Lipinski definition) is 5. The Morgan fingerprint density at radius 1 is 1.21 bits per heavy atom. The van der Waals surface area contributed by atoms with Crippen LogP contribution in [-0.2, 0) is 5.41 Å². The highest BCUT2D eigenvalue weighted by atomic mass is 32.2. The molecule has 1 aliphatic heterocycles. The van der Waals surface area contributed by atoms with Gasteiger partial charge in [0.1, 0.15) is 9.69 Å². The number of aliphatic hydroxyl groups excluding tert-OH is 1. The maximum Gasteiger partial charge on any atom is 0.122 e. The van der Waals surface area contributed by atoms with Crippen LogP contribution >= 0.6 is 36.6 Å². The average Bonchev–Trinajstić information content (AvgIpc) is 3.08. The molecule has 0 spiro atoms. The summed E-state index contributed by atoms with van der Waals surface area (Å²) in [4.78, 5) is 3.93. The van der Waals surface area contributed by atoms with Crippen LogP contribution in [0.1, 0.15) is 30.5 Å². The number of nitrogens with zero attached hydrogens (tertiary/aromatic N) is 1. The fraction of sp³-hybridized carbons (Fsp3) is 0.318. The van der Waals surface area contributed by atoms with E-state index in [0.29, 0.717) is 6.54 Å². The summed E-state index contributed by atoms with van der Waals surface area (Å²) < 4.78 is 0.0307. The third-order valence-electron chi connectivity index (χ3n) is 5.57. The molecule has 6 heteroatoms. The molecule has 2 aromatic carbocycles. The van der Waals surface area contributed by atoms with E-state index in [1.54, 1.807) is 11.8 Å². The Morgan fingerprint density at radius 3 is 2.54 bits per heavy atom. The van der Waals surface area contributed by atoms with Crippen molar-refractivity contribution >= 4 is 53.4 Å². The Morgan fingerprint density at radius 2 is 1.89 bits per heavy atom. The number of likely N-dealkylation sites (N-methyl/N-ethyl adjacent to an activating group) is 1. The van der Waals surface area contributed by atoms with Crippen LogP contribution in [0.4, 0.5) is 5.69 Å². The molecule has 146 valence electrons. The van der Waals surface area contributed by atoms with Crippen molar-refractivity contribution in [3.63, 3.8) is 0 Å². The monoisotopic (exact) mass is 428 g/mol. The third-order valence-corrected chi connectivity index (χ3v) is 7.40. The molecule has 0 bridgehead atoms. The highest BCUT2D eigenvalue weighted by molar-refractivity contribution is 8.15. The van der Waals surface area contributed by atoms with Gasteiger partial charge in [-0.1, -0.05) is 62.1 Å². The van der Waals surface area contributed by atoms with Crippen molar-refractivity contribution in [3.8, 4) is 11.1 Å². The molecular formula is C22H24N2OS3. The molecule has 0 saturated carbocycles. The minimum Gasteiger partial charge on any atom is -0.395 e. The number of benzene rings is 2. The Hall–Kier alpha value is -1.47. The average molecular weight is 429 g/mol. The summed E-state index contributed by atoms with van der Waals surface area (Å²) in [5, 5.41) is 12.4. The summed E-state index contributed by atoms with van der Waals surface area (Å²) in [6.07, 6.45) is 2.15. The molecule has 1 atom stereocenters. The Bertz CT molecular complexity index is 984. The van der Waals surface area contributed by atoms with Gasteiger partial charge in [-0.05, 0) is 46.0 Å². The molecule has 1 unspecified atom stereocenters. The van der Waals surface area contributed by atoms with Crippen LogP contribution in [0.2, 0.25) is 0 Å². The van der Waals surface area contributed by atoms with Gasteiger partial charge in [0.15, 0.2) is 0 Å². The lowest BCUT2D eigenvalue weighted by Gasteiger charge is -2.24. The molecule has 3 nitrogen and oxygen atoms in total. The number of fused-ring (bicyclic) bond motifs is 3. The summed E-state index contributed by atoms with van der Waals surface area (Å²) in [5.41, 5.74) is 7.47. The molecule has 2 aliphatic rings. The standard InChI is InChI=1S/C22H24N2OS3/c1-22(2)17-10-13(11-19-20(26)23-21(27)28-19)4-6-15(17)16-7-5-14(12-18(16)22)24(3)8-9-25/h4-7,10-12,21,25,27H,8-9H2,1-3H3,(H,23,26)/b19-11-. The second-order valence-electron chi connectivity index (χ2n) is 7.76. The Kier molecular flexibility index (Phi) is 5.25. The lowest BCUT2D eigenvalue weighted by molar-refractivity contribution is 0.304. The van der Waals surface area contributed by atoms with E-state index in [-0.39, 0.29) is 16.7 Å². The van der Waals surface area contributed by atoms with Gasteiger partial charge >= 0.3 is 0 Å². The number of thiocarbonyl (C=S) groups is 1. The zero-order chi connectivity index (χ0) is 20.1. The van der Waals surface area contributed by atoms with Crippen LogP contribution < -0.4 is 10.2 Å².